The van der Waals surface area contributed by atoms with E-state index < -0.39 is 0 Å². The van der Waals surface area contributed by atoms with Crippen molar-refractivity contribution in [3.05, 3.63) is 35.4 Å². The standard InChI is InChI=1S/C12H17NO/c1-9-5-3-4-6-12(9)10(2)13-11-7-14-8-11/h3-6,10-11,13H,7-8H2,1-2H3. The predicted octanol–water partition coefficient (Wildman–Crippen LogP) is 2.04. The molecule has 1 unspecified atom stereocenters. The van der Waals surface area contributed by atoms with Crippen molar-refractivity contribution >= 4 is 0 Å². The van der Waals surface area contributed by atoms with Crippen LogP contribution in [0, 0.1) is 6.92 Å². The highest BCUT2D eigenvalue weighted by Gasteiger charge is 2.20. The van der Waals surface area contributed by atoms with Gasteiger partial charge in [-0.05, 0) is 25.0 Å². The minimum Gasteiger partial charge on any atom is -0.378 e. The van der Waals surface area contributed by atoms with Crippen LogP contribution in [0.15, 0.2) is 24.3 Å². The third-order valence-electron chi connectivity index (χ3n) is 2.78. The number of nitrogens with one attached hydrogen (secondary N) is 1. The summed E-state index contributed by atoms with van der Waals surface area (Å²) < 4.78 is 5.14. The molecule has 1 fully saturated rings. The van der Waals surface area contributed by atoms with Crippen molar-refractivity contribution in [2.45, 2.75) is 25.9 Å². The lowest BCUT2D eigenvalue weighted by atomic mass is 10.0. The molecule has 1 heterocycles. The van der Waals surface area contributed by atoms with Crippen LogP contribution in [0.4, 0.5) is 0 Å². The van der Waals surface area contributed by atoms with Crippen molar-refractivity contribution in [1.29, 1.82) is 0 Å². The Morgan fingerprint density at radius 2 is 2.07 bits per heavy atom. The van der Waals surface area contributed by atoms with E-state index >= 15 is 0 Å². The van der Waals surface area contributed by atoms with Crippen LogP contribution in [0.25, 0.3) is 0 Å². The Hall–Kier alpha value is -0.860. The predicted molar refractivity (Wildman–Crippen MR) is 57.3 cm³/mol. The van der Waals surface area contributed by atoms with Gasteiger partial charge in [-0.25, -0.2) is 0 Å². The zero-order chi connectivity index (χ0) is 9.97. The van der Waals surface area contributed by atoms with Gasteiger partial charge >= 0.3 is 0 Å². The molecule has 14 heavy (non-hydrogen) atoms. The largest absolute Gasteiger partial charge is 0.378 e. The van der Waals surface area contributed by atoms with Gasteiger partial charge in [-0.2, -0.15) is 0 Å². The summed E-state index contributed by atoms with van der Waals surface area (Å²) in [6, 6.07) is 9.49. The molecule has 1 N–H and O–H groups in total. The maximum Gasteiger partial charge on any atom is 0.0643 e. The van der Waals surface area contributed by atoms with Crippen LogP contribution in [0.1, 0.15) is 24.1 Å². The first-order valence-corrected chi connectivity index (χ1v) is 5.16. The number of ether oxygens (including phenoxy) is 1. The van der Waals surface area contributed by atoms with Crippen molar-refractivity contribution in [1.82, 2.24) is 5.32 Å². The van der Waals surface area contributed by atoms with Crippen molar-refractivity contribution in [3.8, 4) is 0 Å². The Bertz CT molecular complexity index is 307. The normalized spacial score (nSPS) is 19.0. The Balaban J connectivity index is 2.02. The van der Waals surface area contributed by atoms with Gasteiger partial charge < -0.3 is 10.1 Å². The van der Waals surface area contributed by atoms with E-state index in [-0.39, 0.29) is 0 Å². The topological polar surface area (TPSA) is 21.3 Å². The quantitative estimate of drug-likeness (QED) is 0.789. The summed E-state index contributed by atoms with van der Waals surface area (Å²) in [4.78, 5) is 0. The van der Waals surface area contributed by atoms with Crippen molar-refractivity contribution in [2.24, 2.45) is 0 Å². The molecule has 1 aliphatic heterocycles. The Labute approximate surface area is 85.3 Å². The Kier molecular flexibility index (Phi) is 2.85. The summed E-state index contributed by atoms with van der Waals surface area (Å²) in [7, 11) is 0. The van der Waals surface area contributed by atoms with Gasteiger partial charge in [0.25, 0.3) is 0 Å². The molecule has 1 saturated heterocycles. The van der Waals surface area contributed by atoms with E-state index in [2.05, 4.69) is 43.4 Å². The third-order valence-corrected chi connectivity index (χ3v) is 2.78. The summed E-state index contributed by atoms with van der Waals surface area (Å²) in [6.45, 7) is 6.08. The van der Waals surface area contributed by atoms with Gasteiger partial charge in [0, 0.05) is 6.04 Å². The summed E-state index contributed by atoms with van der Waals surface area (Å²) in [5.41, 5.74) is 2.74. The molecule has 2 heteroatoms. The first-order valence-electron chi connectivity index (χ1n) is 5.16. The van der Waals surface area contributed by atoms with E-state index in [0.717, 1.165) is 13.2 Å². The zero-order valence-corrected chi connectivity index (χ0v) is 8.79. The van der Waals surface area contributed by atoms with Gasteiger partial charge in [0.1, 0.15) is 0 Å². The molecule has 76 valence electrons. The molecule has 2 rings (SSSR count). The monoisotopic (exact) mass is 191 g/mol. The van der Waals surface area contributed by atoms with Crippen molar-refractivity contribution in [3.63, 3.8) is 0 Å². The maximum absolute atomic E-state index is 5.14. The highest BCUT2D eigenvalue weighted by atomic mass is 16.5. The van der Waals surface area contributed by atoms with Gasteiger partial charge in [0.2, 0.25) is 0 Å². The van der Waals surface area contributed by atoms with Crippen LogP contribution in [0.2, 0.25) is 0 Å². The molecular formula is C12H17NO. The van der Waals surface area contributed by atoms with Gasteiger partial charge in [0.05, 0.1) is 19.3 Å². The highest BCUT2D eigenvalue weighted by Crippen LogP contribution is 2.18. The fourth-order valence-electron chi connectivity index (χ4n) is 1.85. The molecule has 2 nitrogen and oxygen atoms in total. The lowest BCUT2D eigenvalue weighted by Gasteiger charge is -2.30. The summed E-state index contributed by atoms with van der Waals surface area (Å²) in [5, 5.41) is 3.55. The van der Waals surface area contributed by atoms with Crippen LogP contribution >= 0.6 is 0 Å². The van der Waals surface area contributed by atoms with Crippen LogP contribution in [0.5, 0.6) is 0 Å². The zero-order valence-electron chi connectivity index (χ0n) is 8.79. The molecule has 1 aliphatic rings. The van der Waals surface area contributed by atoms with Gasteiger partial charge in [-0.15, -0.1) is 0 Å². The van der Waals surface area contributed by atoms with E-state index in [1.54, 1.807) is 0 Å². The lowest BCUT2D eigenvalue weighted by Crippen LogP contribution is -2.46. The average molecular weight is 191 g/mol. The first kappa shape index (κ1) is 9.69. The highest BCUT2D eigenvalue weighted by molar-refractivity contribution is 5.28. The van der Waals surface area contributed by atoms with E-state index in [1.165, 1.54) is 11.1 Å². The van der Waals surface area contributed by atoms with Gasteiger partial charge in [-0.3, -0.25) is 0 Å². The average Bonchev–Trinajstić information content (AvgIpc) is 2.12. The van der Waals surface area contributed by atoms with E-state index in [1.807, 2.05) is 0 Å². The molecule has 0 aliphatic carbocycles. The summed E-state index contributed by atoms with van der Waals surface area (Å²) >= 11 is 0. The van der Waals surface area contributed by atoms with E-state index in [9.17, 15) is 0 Å². The summed E-state index contributed by atoms with van der Waals surface area (Å²) in [6.07, 6.45) is 0. The second-order valence-corrected chi connectivity index (χ2v) is 3.98. The van der Waals surface area contributed by atoms with Gasteiger partial charge in [-0.1, -0.05) is 24.3 Å². The number of hydrogen-bond donors (Lipinski definition) is 1. The molecule has 1 atom stereocenters. The number of rotatable bonds is 3. The minimum atomic E-state index is 0.421. The van der Waals surface area contributed by atoms with E-state index in [0.29, 0.717) is 12.1 Å². The molecule has 0 bridgehead atoms. The van der Waals surface area contributed by atoms with Crippen LogP contribution in [0.3, 0.4) is 0 Å². The SMILES string of the molecule is Cc1ccccc1C(C)NC1COC1. The number of hydrogen-bond acceptors (Lipinski definition) is 2. The maximum atomic E-state index is 5.14. The smallest absolute Gasteiger partial charge is 0.0643 e. The molecule has 0 radical (unpaired) electrons. The summed E-state index contributed by atoms with van der Waals surface area (Å²) in [5.74, 6) is 0. The van der Waals surface area contributed by atoms with Crippen LogP contribution < -0.4 is 5.32 Å². The fraction of sp³-hybridized carbons (Fsp3) is 0.500. The third kappa shape index (κ3) is 1.97. The second kappa shape index (κ2) is 4.11. The first-order chi connectivity index (χ1) is 6.77. The van der Waals surface area contributed by atoms with Crippen molar-refractivity contribution in [2.75, 3.05) is 13.2 Å². The molecule has 1 aromatic carbocycles. The fourth-order valence-corrected chi connectivity index (χ4v) is 1.85. The number of benzene rings is 1. The molecule has 0 spiro atoms. The Morgan fingerprint density at radius 3 is 2.64 bits per heavy atom. The lowest BCUT2D eigenvalue weighted by molar-refractivity contribution is -0.00927. The molecule has 1 aromatic rings. The molecule has 0 aromatic heterocycles. The molecule has 0 saturated carbocycles. The second-order valence-electron chi connectivity index (χ2n) is 3.98. The number of aryl methyl sites for hydroxylation is 1. The van der Waals surface area contributed by atoms with E-state index in [4.69, 9.17) is 4.74 Å². The minimum absolute atomic E-state index is 0.421. The van der Waals surface area contributed by atoms with Crippen molar-refractivity contribution < 1.29 is 4.74 Å². The Morgan fingerprint density at radius 1 is 1.36 bits per heavy atom. The van der Waals surface area contributed by atoms with Gasteiger partial charge in [0.15, 0.2) is 0 Å². The molecular weight excluding hydrogens is 174 g/mol. The van der Waals surface area contributed by atoms with Crippen LogP contribution in [-0.4, -0.2) is 19.3 Å². The molecule has 0 amide bonds. The van der Waals surface area contributed by atoms with Crippen LogP contribution in [-0.2, 0) is 4.74 Å².